The predicted molar refractivity (Wildman–Crippen MR) is 40.7 cm³/mol. The van der Waals surface area contributed by atoms with Crippen LogP contribution in [0.2, 0.25) is 0 Å². The molecule has 0 bridgehead atoms. The quantitative estimate of drug-likeness (QED) is 0.341. The molecule has 0 rings (SSSR count). The Labute approximate surface area is 65.4 Å². The Morgan fingerprint density at radius 2 is 1.82 bits per heavy atom. The molecular weight excluding hydrogens is 144 g/mol. The molecule has 0 aliphatic carbocycles. The summed E-state index contributed by atoms with van der Waals surface area (Å²) in [4.78, 5) is 21.1. The third-order valence-electron chi connectivity index (χ3n) is 0.774. The molecule has 0 N–H and O–H groups in total. The van der Waals surface area contributed by atoms with Gasteiger partial charge in [-0.1, -0.05) is 12.2 Å². The summed E-state index contributed by atoms with van der Waals surface area (Å²) >= 11 is 0. The van der Waals surface area contributed by atoms with Gasteiger partial charge in [0.15, 0.2) is 0 Å². The van der Waals surface area contributed by atoms with Crippen molar-refractivity contribution in [1.82, 2.24) is 0 Å². The SMILES string of the molecule is C=CC(=O)OC(=O)C=C(C)C. The van der Waals surface area contributed by atoms with Crippen LogP contribution in [-0.4, -0.2) is 11.9 Å². The smallest absolute Gasteiger partial charge is 0.338 e. The van der Waals surface area contributed by atoms with Crippen LogP contribution in [0.4, 0.5) is 0 Å². The van der Waals surface area contributed by atoms with E-state index < -0.39 is 11.9 Å². The first-order chi connectivity index (χ1) is 5.06. The second-order valence-electron chi connectivity index (χ2n) is 2.17. The molecule has 0 spiro atoms. The second-order valence-corrected chi connectivity index (χ2v) is 2.17. The van der Waals surface area contributed by atoms with Crippen molar-refractivity contribution in [2.45, 2.75) is 13.8 Å². The average molecular weight is 154 g/mol. The maximum Gasteiger partial charge on any atom is 0.338 e. The molecular formula is C8H10O3. The number of carbonyl (C=O) groups is 2. The molecule has 0 heterocycles. The van der Waals surface area contributed by atoms with Gasteiger partial charge in [0.2, 0.25) is 0 Å². The third-order valence-corrected chi connectivity index (χ3v) is 0.774. The van der Waals surface area contributed by atoms with Crippen molar-refractivity contribution in [1.29, 1.82) is 0 Å². The van der Waals surface area contributed by atoms with Crippen molar-refractivity contribution in [3.05, 3.63) is 24.3 Å². The Bertz CT molecular complexity index is 209. The Hall–Kier alpha value is -1.38. The van der Waals surface area contributed by atoms with Crippen LogP contribution in [0.5, 0.6) is 0 Å². The molecule has 3 heteroatoms. The highest BCUT2D eigenvalue weighted by Gasteiger charge is 2.01. The van der Waals surface area contributed by atoms with E-state index in [2.05, 4.69) is 11.3 Å². The molecule has 0 saturated heterocycles. The summed E-state index contributed by atoms with van der Waals surface area (Å²) in [6.45, 7) is 6.62. The first kappa shape index (κ1) is 9.62. The summed E-state index contributed by atoms with van der Waals surface area (Å²) in [5.41, 5.74) is 0.784. The maximum atomic E-state index is 10.7. The average Bonchev–Trinajstić information content (AvgIpc) is 1.85. The standard InChI is InChI=1S/C8H10O3/c1-4-7(9)11-8(10)5-6(2)3/h4-5H,1H2,2-3H3. The lowest BCUT2D eigenvalue weighted by molar-refractivity contribution is -0.152. The van der Waals surface area contributed by atoms with Gasteiger partial charge >= 0.3 is 11.9 Å². The molecule has 0 atom stereocenters. The minimum absolute atomic E-state index is 0.658. The lowest BCUT2D eigenvalue weighted by Crippen LogP contribution is -2.06. The van der Waals surface area contributed by atoms with Crippen LogP contribution < -0.4 is 0 Å². The monoisotopic (exact) mass is 154 g/mol. The first-order valence-corrected chi connectivity index (χ1v) is 3.09. The zero-order valence-electron chi connectivity index (χ0n) is 6.59. The van der Waals surface area contributed by atoms with Gasteiger partial charge in [-0.05, 0) is 13.8 Å². The summed E-state index contributed by atoms with van der Waals surface area (Å²) in [6.07, 6.45) is 2.18. The van der Waals surface area contributed by atoms with Gasteiger partial charge < -0.3 is 4.74 Å². The van der Waals surface area contributed by atoms with Crippen molar-refractivity contribution in [2.24, 2.45) is 0 Å². The molecule has 11 heavy (non-hydrogen) atoms. The minimum atomic E-state index is -0.729. The van der Waals surface area contributed by atoms with Gasteiger partial charge in [0.05, 0.1) is 0 Å². The summed E-state index contributed by atoms with van der Waals surface area (Å²) in [6, 6.07) is 0. The lowest BCUT2D eigenvalue weighted by atomic mass is 10.3. The van der Waals surface area contributed by atoms with E-state index in [1.165, 1.54) is 6.08 Å². The Balaban J connectivity index is 3.99. The highest BCUT2D eigenvalue weighted by atomic mass is 16.6. The predicted octanol–water partition coefficient (Wildman–Crippen LogP) is 1.21. The summed E-state index contributed by atoms with van der Waals surface area (Å²) in [7, 11) is 0. The maximum absolute atomic E-state index is 10.7. The van der Waals surface area contributed by atoms with Crippen LogP contribution in [0.3, 0.4) is 0 Å². The van der Waals surface area contributed by atoms with E-state index >= 15 is 0 Å². The topological polar surface area (TPSA) is 43.4 Å². The van der Waals surface area contributed by atoms with Gasteiger partial charge in [-0.3, -0.25) is 0 Å². The number of allylic oxidation sites excluding steroid dienone is 1. The fraction of sp³-hybridized carbons (Fsp3) is 0.250. The zero-order chi connectivity index (χ0) is 8.85. The molecule has 0 radical (unpaired) electrons. The fourth-order valence-electron chi connectivity index (χ4n) is 0.406. The van der Waals surface area contributed by atoms with Crippen molar-refractivity contribution in [3.63, 3.8) is 0 Å². The summed E-state index contributed by atoms with van der Waals surface area (Å²) in [5, 5.41) is 0. The fourth-order valence-corrected chi connectivity index (χ4v) is 0.406. The molecule has 0 aromatic rings. The van der Waals surface area contributed by atoms with Crippen molar-refractivity contribution in [2.75, 3.05) is 0 Å². The molecule has 0 unspecified atom stereocenters. The molecule has 0 aliphatic heterocycles. The van der Waals surface area contributed by atoms with E-state index in [1.807, 2.05) is 0 Å². The highest BCUT2D eigenvalue weighted by molar-refractivity contribution is 5.96. The normalized spacial score (nSPS) is 8.18. The summed E-state index contributed by atoms with van der Waals surface area (Å²) < 4.78 is 4.24. The van der Waals surface area contributed by atoms with E-state index in [9.17, 15) is 9.59 Å². The number of rotatable bonds is 2. The Morgan fingerprint density at radius 3 is 2.18 bits per heavy atom. The van der Waals surface area contributed by atoms with E-state index in [-0.39, 0.29) is 0 Å². The number of carbonyl (C=O) groups excluding carboxylic acids is 2. The van der Waals surface area contributed by atoms with Crippen LogP contribution in [0.25, 0.3) is 0 Å². The molecule has 0 fully saturated rings. The van der Waals surface area contributed by atoms with Crippen LogP contribution in [0.15, 0.2) is 24.3 Å². The Kier molecular flexibility index (Phi) is 3.88. The first-order valence-electron chi connectivity index (χ1n) is 3.09. The van der Waals surface area contributed by atoms with Crippen molar-refractivity contribution < 1.29 is 14.3 Å². The zero-order valence-corrected chi connectivity index (χ0v) is 6.59. The van der Waals surface area contributed by atoms with Gasteiger partial charge in [-0.15, -0.1) is 0 Å². The minimum Gasteiger partial charge on any atom is -0.387 e. The molecule has 3 nitrogen and oxygen atoms in total. The molecule has 0 amide bonds. The number of hydrogen-bond donors (Lipinski definition) is 0. The van der Waals surface area contributed by atoms with Crippen LogP contribution >= 0.6 is 0 Å². The molecule has 0 saturated carbocycles. The number of ether oxygens (including phenoxy) is 1. The number of esters is 2. The molecule has 0 aliphatic rings. The van der Waals surface area contributed by atoms with E-state index in [1.54, 1.807) is 13.8 Å². The highest BCUT2D eigenvalue weighted by Crippen LogP contribution is 1.91. The van der Waals surface area contributed by atoms with Crippen LogP contribution in [0.1, 0.15) is 13.8 Å². The molecule has 0 aromatic heterocycles. The van der Waals surface area contributed by atoms with Gasteiger partial charge in [0.1, 0.15) is 0 Å². The van der Waals surface area contributed by atoms with E-state index in [0.29, 0.717) is 0 Å². The lowest BCUT2D eigenvalue weighted by Gasteiger charge is -1.93. The van der Waals surface area contributed by atoms with Gasteiger partial charge in [0, 0.05) is 12.2 Å². The molecule has 0 aromatic carbocycles. The Morgan fingerprint density at radius 1 is 1.27 bits per heavy atom. The van der Waals surface area contributed by atoms with Gasteiger partial charge in [-0.25, -0.2) is 9.59 Å². The van der Waals surface area contributed by atoms with Gasteiger partial charge in [-0.2, -0.15) is 0 Å². The van der Waals surface area contributed by atoms with E-state index in [0.717, 1.165) is 11.6 Å². The van der Waals surface area contributed by atoms with Crippen LogP contribution in [-0.2, 0) is 14.3 Å². The van der Waals surface area contributed by atoms with Crippen molar-refractivity contribution in [3.8, 4) is 0 Å². The summed E-state index contributed by atoms with van der Waals surface area (Å²) in [5.74, 6) is -1.39. The van der Waals surface area contributed by atoms with Gasteiger partial charge in [0.25, 0.3) is 0 Å². The largest absolute Gasteiger partial charge is 0.387 e. The van der Waals surface area contributed by atoms with Crippen molar-refractivity contribution >= 4 is 11.9 Å². The van der Waals surface area contributed by atoms with Crippen LogP contribution in [0, 0.1) is 0 Å². The third kappa shape index (κ3) is 5.08. The molecule has 60 valence electrons. The second kappa shape index (κ2) is 4.44. The number of hydrogen-bond acceptors (Lipinski definition) is 3. The van der Waals surface area contributed by atoms with E-state index in [4.69, 9.17) is 0 Å².